The van der Waals surface area contributed by atoms with Crippen LogP contribution in [0, 0.1) is 0 Å². The Morgan fingerprint density at radius 1 is 1.18 bits per heavy atom. The van der Waals surface area contributed by atoms with Gasteiger partial charge in [0.25, 0.3) is 0 Å². The largest absolute Gasteiger partial charge is 0.484 e. The van der Waals surface area contributed by atoms with Crippen LogP contribution < -0.4 is 9.64 Å². The van der Waals surface area contributed by atoms with Gasteiger partial charge in [0.1, 0.15) is 17.5 Å². The van der Waals surface area contributed by atoms with Crippen molar-refractivity contribution >= 4 is 11.3 Å². The van der Waals surface area contributed by atoms with Crippen LogP contribution in [0.25, 0.3) is 5.65 Å². The van der Waals surface area contributed by atoms with Gasteiger partial charge in [-0.25, -0.2) is 4.98 Å². The quantitative estimate of drug-likeness (QED) is 0.804. The molecule has 5 nitrogen and oxygen atoms in total. The Balaban J connectivity index is 1.66. The average molecular weight is 295 g/mol. The lowest BCUT2D eigenvalue weighted by Gasteiger charge is -2.35. The average Bonchev–Trinajstić information content (AvgIpc) is 2.97. The first-order valence-electron chi connectivity index (χ1n) is 7.37. The Hall–Kier alpha value is -2.53. The predicted octanol–water partition coefficient (Wildman–Crippen LogP) is 2.09. The third-order valence-electron chi connectivity index (χ3n) is 3.89. The van der Waals surface area contributed by atoms with Crippen LogP contribution in [-0.2, 0) is 6.54 Å². The van der Waals surface area contributed by atoms with Crippen LogP contribution in [-0.4, -0.2) is 33.7 Å². The molecule has 0 aliphatic carbocycles. The number of ether oxygens (including phenoxy) is 1. The predicted molar refractivity (Wildman–Crippen MR) is 84.2 cm³/mol. The van der Waals surface area contributed by atoms with Crippen molar-refractivity contribution in [2.45, 2.75) is 12.6 Å². The smallest absolute Gasteiger partial charge is 0.143 e. The number of rotatable bonds is 3. The van der Waals surface area contributed by atoms with E-state index in [-0.39, 0.29) is 12.7 Å². The number of hydrogen-bond donors (Lipinski definition) is 1. The first kappa shape index (κ1) is 13.2. The summed E-state index contributed by atoms with van der Waals surface area (Å²) in [4.78, 5) is 6.86. The molecule has 0 saturated heterocycles. The second kappa shape index (κ2) is 5.35. The van der Waals surface area contributed by atoms with Gasteiger partial charge in [0.15, 0.2) is 0 Å². The second-order valence-corrected chi connectivity index (χ2v) is 5.47. The van der Waals surface area contributed by atoms with Crippen molar-refractivity contribution < 1.29 is 9.84 Å². The van der Waals surface area contributed by atoms with Crippen LogP contribution in [0.15, 0.2) is 54.9 Å². The van der Waals surface area contributed by atoms with Crippen molar-refractivity contribution in [3.8, 4) is 5.75 Å². The van der Waals surface area contributed by atoms with Gasteiger partial charge in [0, 0.05) is 12.4 Å². The summed E-state index contributed by atoms with van der Waals surface area (Å²) in [6, 6.07) is 13.9. The van der Waals surface area contributed by atoms with Gasteiger partial charge in [-0.2, -0.15) is 0 Å². The normalized spacial score (nSPS) is 17.3. The summed E-state index contributed by atoms with van der Waals surface area (Å²) < 4.78 is 7.81. The van der Waals surface area contributed by atoms with Gasteiger partial charge in [0.05, 0.1) is 31.1 Å². The number of para-hydroxylation sites is 2. The summed E-state index contributed by atoms with van der Waals surface area (Å²) in [6.45, 7) is 1.36. The number of fused-ring (bicyclic) bond motifs is 2. The number of hydrogen-bond acceptors (Lipinski definition) is 4. The molecule has 0 amide bonds. The summed E-state index contributed by atoms with van der Waals surface area (Å²) in [6.07, 6.45) is 3.84. The number of aliphatic hydroxyl groups is 1. The number of nitrogens with zero attached hydrogens (tertiary/aromatic N) is 3. The number of aliphatic hydroxyl groups excluding tert-OH is 1. The standard InChI is InChI=1S/C17H17N3O2/c21-12-14-11-20(15-5-1-2-6-16(15)22-14)10-13-9-19-8-4-3-7-17(19)18-13/h1-9,14,21H,10-12H2. The topological polar surface area (TPSA) is 50.0 Å². The molecule has 1 aromatic carbocycles. The van der Waals surface area contributed by atoms with Crippen LogP contribution >= 0.6 is 0 Å². The van der Waals surface area contributed by atoms with E-state index in [1.165, 1.54) is 0 Å². The van der Waals surface area contributed by atoms with Crippen molar-refractivity contribution in [3.63, 3.8) is 0 Å². The molecule has 1 unspecified atom stereocenters. The van der Waals surface area contributed by atoms with Crippen molar-refractivity contribution in [1.82, 2.24) is 9.38 Å². The summed E-state index contributed by atoms with van der Waals surface area (Å²) in [7, 11) is 0. The fourth-order valence-electron chi connectivity index (χ4n) is 2.88. The lowest BCUT2D eigenvalue weighted by Crippen LogP contribution is -2.41. The zero-order valence-corrected chi connectivity index (χ0v) is 12.1. The molecule has 1 aliphatic rings. The third kappa shape index (κ3) is 2.29. The summed E-state index contributed by atoms with van der Waals surface area (Å²) >= 11 is 0. The minimum absolute atomic E-state index is 0.00992. The van der Waals surface area contributed by atoms with E-state index < -0.39 is 0 Å². The highest BCUT2D eigenvalue weighted by molar-refractivity contribution is 5.60. The zero-order chi connectivity index (χ0) is 14.9. The molecule has 1 aliphatic heterocycles. The molecule has 5 heteroatoms. The van der Waals surface area contributed by atoms with Crippen molar-refractivity contribution in [2.75, 3.05) is 18.1 Å². The number of anilines is 1. The summed E-state index contributed by atoms with van der Waals surface area (Å²) in [5.74, 6) is 0.816. The first-order valence-corrected chi connectivity index (χ1v) is 7.37. The van der Waals surface area contributed by atoms with E-state index in [9.17, 15) is 5.11 Å². The molecule has 2 aromatic heterocycles. The van der Waals surface area contributed by atoms with Gasteiger partial charge in [0.2, 0.25) is 0 Å². The van der Waals surface area contributed by atoms with Gasteiger partial charge in [-0.15, -0.1) is 0 Å². The molecule has 0 saturated carbocycles. The molecule has 112 valence electrons. The van der Waals surface area contributed by atoms with E-state index in [1.807, 2.05) is 59.3 Å². The zero-order valence-electron chi connectivity index (χ0n) is 12.1. The lowest BCUT2D eigenvalue weighted by atomic mass is 10.2. The van der Waals surface area contributed by atoms with E-state index in [1.54, 1.807) is 0 Å². The lowest BCUT2D eigenvalue weighted by molar-refractivity contribution is 0.112. The van der Waals surface area contributed by atoms with Crippen LogP contribution in [0.4, 0.5) is 5.69 Å². The molecule has 1 N–H and O–H groups in total. The van der Waals surface area contributed by atoms with Gasteiger partial charge >= 0.3 is 0 Å². The molecular formula is C17H17N3O2. The minimum atomic E-state index is -0.202. The van der Waals surface area contributed by atoms with E-state index >= 15 is 0 Å². The van der Waals surface area contributed by atoms with E-state index in [2.05, 4.69) is 9.88 Å². The SMILES string of the molecule is OCC1CN(Cc2cn3ccccc3n2)c2ccccc2O1. The number of aromatic nitrogens is 2. The molecule has 3 heterocycles. The molecule has 0 radical (unpaired) electrons. The molecular weight excluding hydrogens is 278 g/mol. The van der Waals surface area contributed by atoms with Crippen LogP contribution in [0.2, 0.25) is 0 Å². The Morgan fingerprint density at radius 2 is 2.05 bits per heavy atom. The fraction of sp³-hybridized carbons (Fsp3) is 0.235. The van der Waals surface area contributed by atoms with E-state index in [4.69, 9.17) is 4.74 Å². The van der Waals surface area contributed by atoms with Gasteiger partial charge in [-0.1, -0.05) is 18.2 Å². The fourth-order valence-corrected chi connectivity index (χ4v) is 2.88. The Kier molecular flexibility index (Phi) is 3.20. The Morgan fingerprint density at radius 3 is 2.91 bits per heavy atom. The molecule has 0 fully saturated rings. The molecule has 4 rings (SSSR count). The summed E-state index contributed by atoms with van der Waals surface area (Å²) in [5.41, 5.74) is 2.99. The van der Waals surface area contributed by atoms with Crippen LogP contribution in [0.5, 0.6) is 5.75 Å². The summed E-state index contributed by atoms with van der Waals surface area (Å²) in [5, 5.41) is 9.44. The molecule has 22 heavy (non-hydrogen) atoms. The number of pyridine rings is 1. The maximum absolute atomic E-state index is 9.44. The highest BCUT2D eigenvalue weighted by Gasteiger charge is 2.25. The Bertz CT molecular complexity index is 766. The maximum atomic E-state index is 9.44. The molecule has 0 spiro atoms. The van der Waals surface area contributed by atoms with Crippen LogP contribution in [0.3, 0.4) is 0 Å². The number of imidazole rings is 1. The molecule has 1 atom stereocenters. The Labute approximate surface area is 128 Å². The van der Waals surface area contributed by atoms with Gasteiger partial charge in [-0.05, 0) is 24.3 Å². The highest BCUT2D eigenvalue weighted by atomic mass is 16.5. The molecule has 3 aromatic rings. The second-order valence-electron chi connectivity index (χ2n) is 5.47. The van der Waals surface area contributed by atoms with Gasteiger partial charge < -0.3 is 19.1 Å². The van der Waals surface area contributed by atoms with Crippen molar-refractivity contribution in [1.29, 1.82) is 0 Å². The maximum Gasteiger partial charge on any atom is 0.143 e. The number of benzene rings is 1. The van der Waals surface area contributed by atoms with E-state index in [0.29, 0.717) is 13.1 Å². The minimum Gasteiger partial charge on any atom is -0.484 e. The third-order valence-corrected chi connectivity index (χ3v) is 3.89. The van der Waals surface area contributed by atoms with Gasteiger partial charge in [-0.3, -0.25) is 0 Å². The molecule has 0 bridgehead atoms. The van der Waals surface area contributed by atoms with Crippen molar-refractivity contribution in [2.24, 2.45) is 0 Å². The monoisotopic (exact) mass is 295 g/mol. The van der Waals surface area contributed by atoms with Crippen LogP contribution in [0.1, 0.15) is 5.69 Å². The van der Waals surface area contributed by atoms with E-state index in [0.717, 1.165) is 22.8 Å². The van der Waals surface area contributed by atoms with Crippen molar-refractivity contribution in [3.05, 3.63) is 60.6 Å². The first-order chi connectivity index (χ1) is 10.8. The highest BCUT2D eigenvalue weighted by Crippen LogP contribution is 2.33.